The number of para-hydroxylation sites is 1. The number of nitrogens with zero attached hydrogens (tertiary/aromatic N) is 2. The van der Waals surface area contributed by atoms with Crippen molar-refractivity contribution in [2.75, 3.05) is 31.9 Å². The van der Waals surface area contributed by atoms with Crippen LogP contribution in [0.25, 0.3) is 0 Å². The Morgan fingerprint density at radius 1 is 0.974 bits per heavy atom. The number of carbonyl (C=O) groups is 2. The summed E-state index contributed by atoms with van der Waals surface area (Å²) in [5, 5.41) is 7.12. The Labute approximate surface area is 226 Å². The topological polar surface area (TPSA) is 96.1 Å². The van der Waals surface area contributed by atoms with E-state index in [1.807, 2.05) is 29.2 Å². The van der Waals surface area contributed by atoms with Crippen molar-refractivity contribution < 1.29 is 32.6 Å². The second-order valence-corrected chi connectivity index (χ2v) is 11.4. The molecule has 1 spiro atoms. The zero-order valence-electron chi connectivity index (χ0n) is 22.4. The van der Waals surface area contributed by atoms with Crippen molar-refractivity contribution in [1.29, 1.82) is 0 Å². The fraction of sp³-hybridized carbons (Fsp3) is 0.517. The summed E-state index contributed by atoms with van der Waals surface area (Å²) < 4.78 is 38.0. The van der Waals surface area contributed by atoms with Crippen molar-refractivity contribution in [1.82, 2.24) is 9.80 Å². The molecule has 0 aliphatic carbocycles. The first-order valence-corrected chi connectivity index (χ1v) is 13.2. The number of carboxylic acid groups (broad SMARTS) is 1. The summed E-state index contributed by atoms with van der Waals surface area (Å²) in [7, 11) is 0. The van der Waals surface area contributed by atoms with Crippen LogP contribution >= 0.6 is 0 Å². The lowest BCUT2D eigenvalue weighted by Crippen LogP contribution is -2.48. The highest BCUT2D eigenvalue weighted by Gasteiger charge is 2.40. The number of carboxylic acids is 1. The van der Waals surface area contributed by atoms with E-state index >= 15 is 0 Å². The molecule has 39 heavy (non-hydrogen) atoms. The van der Waals surface area contributed by atoms with Crippen LogP contribution in [-0.2, 0) is 17.8 Å². The van der Waals surface area contributed by atoms with Crippen LogP contribution in [-0.4, -0.2) is 64.7 Å². The lowest BCUT2D eigenvalue weighted by molar-refractivity contribution is -0.192. The van der Waals surface area contributed by atoms with Crippen LogP contribution < -0.4 is 10.5 Å². The average Bonchev–Trinajstić information content (AvgIpc) is 3.21. The molecule has 0 aromatic heterocycles. The Morgan fingerprint density at radius 2 is 1.54 bits per heavy atom. The summed E-state index contributed by atoms with van der Waals surface area (Å²) in [4.78, 5) is 26.3. The van der Waals surface area contributed by atoms with Gasteiger partial charge in [0.05, 0.1) is 0 Å². The maximum Gasteiger partial charge on any atom is 0.490 e. The summed E-state index contributed by atoms with van der Waals surface area (Å²) in [6.07, 6.45) is 0.570. The van der Waals surface area contributed by atoms with Crippen molar-refractivity contribution in [2.24, 2.45) is 5.41 Å². The molecule has 0 saturated carbocycles. The fourth-order valence-electron chi connectivity index (χ4n) is 5.72. The molecule has 212 valence electrons. The summed E-state index contributed by atoms with van der Waals surface area (Å²) in [5.41, 5.74) is 10.2. The van der Waals surface area contributed by atoms with E-state index in [0.717, 1.165) is 63.3 Å². The Morgan fingerprint density at radius 3 is 2.10 bits per heavy atom. The van der Waals surface area contributed by atoms with E-state index in [0.29, 0.717) is 11.1 Å². The maximum atomic E-state index is 12.8. The van der Waals surface area contributed by atoms with E-state index in [1.165, 1.54) is 24.0 Å². The molecule has 5 rings (SSSR count). The van der Waals surface area contributed by atoms with Crippen molar-refractivity contribution in [3.63, 3.8) is 0 Å². The fourth-order valence-corrected chi connectivity index (χ4v) is 5.72. The number of nitrogen functional groups attached to an aromatic ring is 1. The van der Waals surface area contributed by atoms with Gasteiger partial charge >= 0.3 is 12.1 Å². The minimum atomic E-state index is -5.08. The van der Waals surface area contributed by atoms with Crippen LogP contribution in [0.4, 0.5) is 18.9 Å². The number of piperidine rings is 2. The second-order valence-electron chi connectivity index (χ2n) is 11.4. The van der Waals surface area contributed by atoms with Crippen LogP contribution in [0.15, 0.2) is 42.5 Å². The smallest absolute Gasteiger partial charge is 0.487 e. The van der Waals surface area contributed by atoms with Gasteiger partial charge in [-0.25, -0.2) is 4.79 Å². The van der Waals surface area contributed by atoms with Gasteiger partial charge in [0.25, 0.3) is 5.91 Å². The SMILES string of the molecule is CC1(C)Cc2cccc(CN3CCC4(CC3)CCN(C(=O)c3ccc(N)cc3)CC4)c2O1.O=C(O)C(F)(F)F. The largest absolute Gasteiger partial charge is 0.490 e. The van der Waals surface area contributed by atoms with Crippen molar-refractivity contribution in [2.45, 2.75) is 64.3 Å². The minimum absolute atomic E-state index is 0.0951. The highest BCUT2D eigenvalue weighted by atomic mass is 19.4. The number of halogens is 3. The summed E-state index contributed by atoms with van der Waals surface area (Å²) in [6, 6.07) is 13.9. The van der Waals surface area contributed by atoms with Crippen LogP contribution in [0.1, 0.15) is 61.0 Å². The predicted octanol–water partition coefficient (Wildman–Crippen LogP) is 5.13. The zero-order chi connectivity index (χ0) is 28.4. The molecule has 3 aliphatic heterocycles. The van der Waals surface area contributed by atoms with Crippen LogP contribution in [0.2, 0.25) is 0 Å². The molecule has 0 radical (unpaired) electrons. The molecule has 2 aromatic rings. The number of ether oxygens (including phenoxy) is 1. The first-order valence-electron chi connectivity index (χ1n) is 13.2. The lowest BCUT2D eigenvalue weighted by atomic mass is 9.71. The lowest BCUT2D eigenvalue weighted by Gasteiger charge is -2.47. The van der Waals surface area contributed by atoms with Gasteiger partial charge in [0.1, 0.15) is 11.4 Å². The van der Waals surface area contributed by atoms with Gasteiger partial charge in [-0.1, -0.05) is 18.2 Å². The number of fused-ring (bicyclic) bond motifs is 1. The number of carbonyl (C=O) groups excluding carboxylic acids is 1. The number of anilines is 1. The Balaban J connectivity index is 0.000000448. The third-order valence-electron chi connectivity index (χ3n) is 7.99. The van der Waals surface area contributed by atoms with Crippen molar-refractivity contribution >= 4 is 17.6 Å². The minimum Gasteiger partial charge on any atom is -0.487 e. The van der Waals surface area contributed by atoms with E-state index in [2.05, 4.69) is 36.9 Å². The normalized spacial score (nSPS) is 20.0. The molecule has 2 fully saturated rings. The first kappa shape index (κ1) is 28.7. The van der Waals surface area contributed by atoms with Gasteiger partial charge in [0.2, 0.25) is 0 Å². The molecule has 2 saturated heterocycles. The third kappa shape index (κ3) is 7.03. The van der Waals surface area contributed by atoms with Gasteiger partial charge in [-0.3, -0.25) is 9.69 Å². The molecule has 0 atom stereocenters. The summed E-state index contributed by atoms with van der Waals surface area (Å²) in [5.74, 6) is -1.50. The van der Waals surface area contributed by atoms with Gasteiger partial charge in [0, 0.05) is 42.9 Å². The molecule has 3 heterocycles. The molecule has 1 amide bonds. The molecule has 3 N–H and O–H groups in total. The highest BCUT2D eigenvalue weighted by molar-refractivity contribution is 5.94. The number of rotatable bonds is 3. The molecule has 7 nitrogen and oxygen atoms in total. The summed E-state index contributed by atoms with van der Waals surface area (Å²) >= 11 is 0. The van der Waals surface area contributed by atoms with Crippen LogP contribution in [0, 0.1) is 5.41 Å². The van der Waals surface area contributed by atoms with E-state index in [1.54, 1.807) is 0 Å². The maximum absolute atomic E-state index is 12.8. The first-order chi connectivity index (χ1) is 18.3. The second kappa shape index (κ2) is 11.1. The van der Waals surface area contributed by atoms with E-state index in [-0.39, 0.29) is 11.5 Å². The monoisotopic (exact) mass is 547 g/mol. The molecule has 10 heteroatoms. The molecule has 0 bridgehead atoms. The number of likely N-dealkylation sites (tertiary alicyclic amines) is 2. The zero-order valence-corrected chi connectivity index (χ0v) is 22.4. The number of benzene rings is 2. The molecule has 3 aliphatic rings. The van der Waals surface area contributed by atoms with Gasteiger partial charge in [-0.05, 0) is 87.9 Å². The van der Waals surface area contributed by atoms with Gasteiger partial charge in [-0.15, -0.1) is 0 Å². The third-order valence-corrected chi connectivity index (χ3v) is 7.99. The van der Waals surface area contributed by atoms with Crippen LogP contribution in [0.3, 0.4) is 0 Å². The summed E-state index contributed by atoms with van der Waals surface area (Å²) in [6.45, 7) is 9.28. The molecule has 2 aromatic carbocycles. The Hall–Kier alpha value is -3.27. The van der Waals surface area contributed by atoms with Gasteiger partial charge in [-0.2, -0.15) is 13.2 Å². The average molecular weight is 548 g/mol. The number of amides is 1. The van der Waals surface area contributed by atoms with E-state index in [4.69, 9.17) is 20.4 Å². The Kier molecular flexibility index (Phi) is 8.16. The van der Waals surface area contributed by atoms with Crippen molar-refractivity contribution in [3.8, 4) is 5.75 Å². The molecular weight excluding hydrogens is 511 g/mol. The molecular formula is C29H36F3N3O4. The van der Waals surface area contributed by atoms with Crippen molar-refractivity contribution in [3.05, 3.63) is 59.2 Å². The quantitative estimate of drug-likeness (QED) is 0.517. The Bertz CT molecular complexity index is 1180. The highest BCUT2D eigenvalue weighted by Crippen LogP contribution is 2.43. The number of aliphatic carboxylic acids is 1. The van der Waals surface area contributed by atoms with Crippen LogP contribution in [0.5, 0.6) is 5.75 Å². The molecule has 0 unspecified atom stereocenters. The van der Waals surface area contributed by atoms with Gasteiger partial charge in [0.15, 0.2) is 0 Å². The number of nitrogens with two attached hydrogens (primary N) is 1. The number of hydrogen-bond donors (Lipinski definition) is 2. The van der Waals surface area contributed by atoms with Gasteiger partial charge < -0.3 is 20.5 Å². The van der Waals surface area contributed by atoms with E-state index < -0.39 is 12.1 Å². The van der Waals surface area contributed by atoms with E-state index in [9.17, 15) is 18.0 Å². The predicted molar refractivity (Wildman–Crippen MR) is 141 cm³/mol. The number of hydrogen-bond acceptors (Lipinski definition) is 5. The standard InChI is InChI=1S/C27H35N3O2.C2HF3O2/c1-26(2)18-21-4-3-5-22(24(21)32-26)19-29-14-10-27(11-15-29)12-16-30(17-13-27)25(31)20-6-8-23(28)9-7-20;3-2(4,5)1(6)7/h3-9H,10-19,28H2,1-2H3;(H,6,7). The number of alkyl halides is 3.